The van der Waals surface area contributed by atoms with Crippen LogP contribution in [0.4, 0.5) is 18.9 Å². The van der Waals surface area contributed by atoms with Crippen LogP contribution in [0, 0.1) is 17.5 Å². The van der Waals surface area contributed by atoms with Crippen molar-refractivity contribution in [2.75, 3.05) is 5.32 Å². The molecule has 3 unspecified atom stereocenters. The fourth-order valence-corrected chi connectivity index (χ4v) is 5.27. The quantitative estimate of drug-likeness (QED) is 0.290. The molecule has 0 heterocycles. The molecular formula is C22H27F3N2O4S2. The maximum Gasteiger partial charge on any atom is 0.303 e. The predicted octanol–water partition coefficient (Wildman–Crippen LogP) is 5.09. The lowest BCUT2D eigenvalue weighted by Gasteiger charge is -2.23. The summed E-state index contributed by atoms with van der Waals surface area (Å²) in [5.41, 5.74) is 0.268. The number of sulfonamides is 1. The molecule has 0 aliphatic heterocycles. The van der Waals surface area contributed by atoms with Crippen LogP contribution < -0.4 is 10.5 Å². The summed E-state index contributed by atoms with van der Waals surface area (Å²) in [5, 5.41) is 16.0. The van der Waals surface area contributed by atoms with E-state index in [0.29, 0.717) is 18.2 Å². The summed E-state index contributed by atoms with van der Waals surface area (Å²) in [7, 11) is -4.81. The van der Waals surface area contributed by atoms with Gasteiger partial charge in [0.05, 0.1) is 10.6 Å². The van der Waals surface area contributed by atoms with Crippen molar-refractivity contribution in [1.82, 2.24) is 0 Å². The number of carbonyl (C=O) groups is 1. The van der Waals surface area contributed by atoms with Crippen molar-refractivity contribution in [1.29, 1.82) is 0 Å². The molecular weight excluding hydrogens is 477 g/mol. The Bertz CT molecular complexity index is 1100. The van der Waals surface area contributed by atoms with Crippen LogP contribution in [-0.2, 0) is 14.8 Å². The molecule has 2 rings (SSSR count). The number of halogens is 3. The number of primary sulfonamides is 1. The number of thioether (sulfide) groups is 1. The largest absolute Gasteiger partial charge is 0.481 e. The number of rotatable bonds is 11. The number of benzene rings is 2. The number of nitrogens with two attached hydrogens (primary N) is 1. The third kappa shape index (κ3) is 7.12. The van der Waals surface area contributed by atoms with Crippen molar-refractivity contribution < 1.29 is 31.5 Å². The predicted molar refractivity (Wildman–Crippen MR) is 122 cm³/mol. The molecule has 0 saturated carbocycles. The Morgan fingerprint density at radius 1 is 1.09 bits per heavy atom. The molecule has 0 aliphatic rings. The minimum absolute atomic E-state index is 0.00452. The first-order valence-corrected chi connectivity index (χ1v) is 12.7. The van der Waals surface area contributed by atoms with E-state index in [1.807, 2.05) is 37.3 Å². The van der Waals surface area contributed by atoms with Gasteiger partial charge in [0.25, 0.3) is 0 Å². The summed E-state index contributed by atoms with van der Waals surface area (Å²) in [5.74, 6) is -5.82. The fourth-order valence-electron chi connectivity index (χ4n) is 3.46. The number of aliphatic carboxylic acids is 1. The smallest absolute Gasteiger partial charge is 0.303 e. The molecule has 0 saturated heterocycles. The maximum atomic E-state index is 15.4. The zero-order chi connectivity index (χ0) is 24.9. The molecule has 4 N–H and O–H groups in total. The Hall–Kier alpha value is -2.24. The van der Waals surface area contributed by atoms with E-state index >= 15 is 4.39 Å². The van der Waals surface area contributed by atoms with Gasteiger partial charge in [-0.25, -0.2) is 26.7 Å². The lowest BCUT2D eigenvalue weighted by molar-refractivity contribution is -0.137. The summed E-state index contributed by atoms with van der Waals surface area (Å²) in [6.45, 7) is 5.13. The molecule has 0 spiro atoms. The van der Waals surface area contributed by atoms with Crippen LogP contribution in [0.3, 0.4) is 0 Å². The van der Waals surface area contributed by atoms with Gasteiger partial charge in [-0.3, -0.25) is 4.79 Å². The van der Waals surface area contributed by atoms with Crippen LogP contribution in [0.25, 0.3) is 0 Å². The summed E-state index contributed by atoms with van der Waals surface area (Å²) in [6, 6.07) is 8.91. The molecule has 0 radical (unpaired) electrons. The molecule has 182 valence electrons. The molecule has 0 fully saturated rings. The Balaban J connectivity index is 2.41. The third-order valence-corrected chi connectivity index (χ3v) is 7.26. The number of carboxylic acid groups (broad SMARTS) is 1. The average molecular weight is 505 g/mol. The summed E-state index contributed by atoms with van der Waals surface area (Å²) >= 11 is 0.595. The SMILES string of the molecule is CC(CC(C)c1ccccc1)Nc1c(F)c(SC(C)CCC(=O)O)c(F)c(F)c1S(N)(=O)=O. The second kappa shape index (κ2) is 11.3. The number of hydrogen-bond donors (Lipinski definition) is 3. The number of nitrogens with one attached hydrogen (secondary N) is 1. The second-order valence-corrected chi connectivity index (χ2v) is 10.9. The van der Waals surface area contributed by atoms with Crippen molar-refractivity contribution in [2.24, 2.45) is 5.14 Å². The Kier molecular flexibility index (Phi) is 9.21. The van der Waals surface area contributed by atoms with Crippen LogP contribution in [0.1, 0.15) is 51.5 Å². The fraction of sp³-hybridized carbons (Fsp3) is 0.409. The van der Waals surface area contributed by atoms with Crippen LogP contribution in [0.15, 0.2) is 40.1 Å². The van der Waals surface area contributed by atoms with Crippen LogP contribution >= 0.6 is 11.8 Å². The topological polar surface area (TPSA) is 109 Å². The van der Waals surface area contributed by atoms with E-state index < -0.39 is 60.2 Å². The first-order valence-electron chi connectivity index (χ1n) is 10.3. The highest BCUT2D eigenvalue weighted by Gasteiger charge is 2.32. The van der Waals surface area contributed by atoms with E-state index in [0.717, 1.165) is 5.56 Å². The number of anilines is 1. The second-order valence-electron chi connectivity index (χ2n) is 7.97. The van der Waals surface area contributed by atoms with Gasteiger partial charge in [0.15, 0.2) is 17.5 Å². The van der Waals surface area contributed by atoms with Crippen molar-refractivity contribution >= 4 is 33.4 Å². The van der Waals surface area contributed by atoms with Gasteiger partial charge in [0.1, 0.15) is 4.90 Å². The Morgan fingerprint density at radius 2 is 1.70 bits per heavy atom. The first kappa shape index (κ1) is 27.0. The lowest BCUT2D eigenvalue weighted by atomic mass is 9.94. The third-order valence-electron chi connectivity index (χ3n) is 5.07. The maximum absolute atomic E-state index is 15.4. The monoisotopic (exact) mass is 504 g/mol. The van der Waals surface area contributed by atoms with E-state index in [4.69, 9.17) is 10.2 Å². The van der Waals surface area contributed by atoms with Crippen molar-refractivity contribution in [3.05, 3.63) is 53.3 Å². The molecule has 2 aromatic carbocycles. The van der Waals surface area contributed by atoms with Gasteiger partial charge in [-0.05, 0) is 31.2 Å². The van der Waals surface area contributed by atoms with Crippen LogP contribution in [-0.4, -0.2) is 30.8 Å². The zero-order valence-electron chi connectivity index (χ0n) is 18.4. The normalized spacial score (nSPS) is 14.5. The lowest BCUT2D eigenvalue weighted by Crippen LogP contribution is -2.24. The van der Waals surface area contributed by atoms with Gasteiger partial charge < -0.3 is 10.4 Å². The summed E-state index contributed by atoms with van der Waals surface area (Å²) < 4.78 is 68.8. The number of carboxylic acids is 1. The van der Waals surface area contributed by atoms with Gasteiger partial charge >= 0.3 is 5.97 Å². The van der Waals surface area contributed by atoms with Gasteiger partial charge in [-0.2, -0.15) is 0 Å². The molecule has 3 atom stereocenters. The van der Waals surface area contributed by atoms with Crippen molar-refractivity contribution in [3.63, 3.8) is 0 Å². The molecule has 11 heteroatoms. The highest BCUT2D eigenvalue weighted by molar-refractivity contribution is 8.00. The Morgan fingerprint density at radius 3 is 2.24 bits per heavy atom. The van der Waals surface area contributed by atoms with E-state index in [-0.39, 0.29) is 18.8 Å². The summed E-state index contributed by atoms with van der Waals surface area (Å²) in [6.07, 6.45) is 0.268. The Labute approximate surface area is 195 Å². The molecule has 0 bridgehead atoms. The van der Waals surface area contributed by atoms with Crippen molar-refractivity contribution in [3.8, 4) is 0 Å². The van der Waals surface area contributed by atoms with Gasteiger partial charge in [-0.1, -0.05) is 44.2 Å². The van der Waals surface area contributed by atoms with Gasteiger partial charge in [0, 0.05) is 17.7 Å². The molecule has 0 amide bonds. The standard InChI is InChI=1S/C22H27F3N2O4S2/c1-12(15-7-5-4-6-8-15)11-13(2)27-20-19(25)21(32-14(3)9-10-16(28)29)17(23)18(24)22(20)33(26,30)31/h4-8,12-14,27H,9-11H2,1-3H3,(H,28,29)(H2,26,30,31). The van der Waals surface area contributed by atoms with E-state index in [1.54, 1.807) is 6.92 Å². The highest BCUT2D eigenvalue weighted by atomic mass is 32.2. The van der Waals surface area contributed by atoms with Crippen molar-refractivity contribution in [2.45, 2.75) is 67.0 Å². The summed E-state index contributed by atoms with van der Waals surface area (Å²) in [4.78, 5) is 8.75. The first-order chi connectivity index (χ1) is 15.3. The van der Waals surface area contributed by atoms with Gasteiger partial charge in [-0.15, -0.1) is 11.8 Å². The zero-order valence-corrected chi connectivity index (χ0v) is 20.1. The minimum atomic E-state index is -4.81. The molecule has 6 nitrogen and oxygen atoms in total. The molecule has 33 heavy (non-hydrogen) atoms. The molecule has 2 aromatic rings. The van der Waals surface area contributed by atoms with Crippen LogP contribution in [0.2, 0.25) is 0 Å². The molecule has 0 aliphatic carbocycles. The van der Waals surface area contributed by atoms with E-state index in [9.17, 15) is 22.0 Å². The molecule has 0 aromatic heterocycles. The highest BCUT2D eigenvalue weighted by Crippen LogP contribution is 2.40. The van der Waals surface area contributed by atoms with Crippen LogP contribution in [0.5, 0.6) is 0 Å². The van der Waals surface area contributed by atoms with Gasteiger partial charge in [0.2, 0.25) is 10.0 Å². The van der Waals surface area contributed by atoms with E-state index in [2.05, 4.69) is 5.32 Å². The number of hydrogen-bond acceptors (Lipinski definition) is 5. The van der Waals surface area contributed by atoms with E-state index in [1.165, 1.54) is 6.92 Å². The minimum Gasteiger partial charge on any atom is -0.481 e. The average Bonchev–Trinajstić information content (AvgIpc) is 2.73.